The second-order valence-corrected chi connectivity index (χ2v) is 4.67. The van der Waals surface area contributed by atoms with E-state index in [0.29, 0.717) is 6.42 Å². The zero-order chi connectivity index (χ0) is 14.6. The molecule has 8 heteroatoms. The van der Waals surface area contributed by atoms with Crippen molar-refractivity contribution in [1.29, 1.82) is 0 Å². The summed E-state index contributed by atoms with van der Waals surface area (Å²) < 4.78 is 0. The molecule has 1 amide bonds. The van der Waals surface area contributed by atoms with Crippen molar-refractivity contribution in [2.24, 2.45) is 0 Å². The fourth-order valence-corrected chi connectivity index (χ4v) is 1.47. The normalized spacial score (nSPS) is 13.7. The van der Waals surface area contributed by atoms with Crippen LogP contribution in [0.2, 0.25) is 5.15 Å². The number of aliphatic hydroxyl groups excluding tert-OH is 1. The van der Waals surface area contributed by atoms with Gasteiger partial charge in [0.15, 0.2) is 0 Å². The number of hydrogen-bond donors (Lipinski definition) is 2. The zero-order valence-corrected chi connectivity index (χ0v) is 11.3. The van der Waals surface area contributed by atoms with Gasteiger partial charge in [-0.1, -0.05) is 18.5 Å². The van der Waals surface area contributed by atoms with Crippen LogP contribution in [0, 0.1) is 10.1 Å². The smallest absolute Gasteiger partial charge is 0.288 e. The summed E-state index contributed by atoms with van der Waals surface area (Å²) in [6, 6.07) is 1.05. The van der Waals surface area contributed by atoms with Gasteiger partial charge in [-0.3, -0.25) is 14.9 Å². The molecule has 0 aliphatic heterocycles. The summed E-state index contributed by atoms with van der Waals surface area (Å²) >= 11 is 5.75. The highest BCUT2D eigenvalue weighted by atomic mass is 35.5. The van der Waals surface area contributed by atoms with Crippen LogP contribution in [-0.4, -0.2) is 33.1 Å². The maximum atomic E-state index is 12.0. The Bertz CT molecular complexity index is 503. The van der Waals surface area contributed by atoms with Gasteiger partial charge in [-0.2, -0.15) is 0 Å². The molecule has 104 valence electrons. The lowest BCUT2D eigenvalue weighted by Gasteiger charge is -2.27. The Hall–Kier alpha value is -1.73. The molecule has 1 aromatic heterocycles. The molecule has 2 N–H and O–H groups in total. The number of carbonyl (C=O) groups excluding carboxylic acids is 1. The molecule has 0 aliphatic carbocycles. The van der Waals surface area contributed by atoms with Gasteiger partial charge < -0.3 is 10.4 Å². The summed E-state index contributed by atoms with van der Waals surface area (Å²) in [5, 5.41) is 22.3. The lowest BCUT2D eigenvalue weighted by atomic mass is 10.00. The van der Waals surface area contributed by atoms with E-state index in [4.69, 9.17) is 11.6 Å². The summed E-state index contributed by atoms with van der Waals surface area (Å²) in [6.07, 6.45) is 1.47. The highest BCUT2D eigenvalue weighted by molar-refractivity contribution is 6.32. The fraction of sp³-hybridized carbons (Fsp3) is 0.455. The number of pyridine rings is 1. The predicted molar refractivity (Wildman–Crippen MR) is 69.1 cm³/mol. The molecule has 0 bridgehead atoms. The van der Waals surface area contributed by atoms with Gasteiger partial charge >= 0.3 is 0 Å². The molecule has 0 spiro atoms. The second kappa shape index (κ2) is 5.94. The quantitative estimate of drug-likeness (QED) is 0.485. The van der Waals surface area contributed by atoms with Crippen LogP contribution in [0.3, 0.4) is 0 Å². The first kappa shape index (κ1) is 15.3. The zero-order valence-electron chi connectivity index (χ0n) is 10.5. The van der Waals surface area contributed by atoms with Gasteiger partial charge in [0.05, 0.1) is 22.6 Å². The Morgan fingerprint density at radius 1 is 1.68 bits per heavy atom. The summed E-state index contributed by atoms with van der Waals surface area (Å²) in [6.45, 7) is 3.20. The molecular formula is C11H14ClN3O4. The Balaban J connectivity index is 3.06. The average molecular weight is 288 g/mol. The summed E-state index contributed by atoms with van der Waals surface area (Å²) in [7, 11) is 0. The number of aromatic nitrogens is 1. The maximum absolute atomic E-state index is 12.0. The first-order valence-corrected chi connectivity index (χ1v) is 5.94. The van der Waals surface area contributed by atoms with Crippen molar-refractivity contribution >= 4 is 23.2 Å². The SMILES string of the molecule is CCC(C)(CO)NC(=O)c1cc([N+](=O)[O-])cnc1Cl. The Kier molecular flexibility index (Phi) is 4.79. The van der Waals surface area contributed by atoms with Crippen LogP contribution in [0.5, 0.6) is 0 Å². The lowest BCUT2D eigenvalue weighted by Crippen LogP contribution is -2.48. The molecule has 0 aromatic carbocycles. The number of nitrogens with zero attached hydrogens (tertiary/aromatic N) is 2. The molecule has 1 unspecified atom stereocenters. The van der Waals surface area contributed by atoms with Crippen LogP contribution in [0.1, 0.15) is 30.6 Å². The highest BCUT2D eigenvalue weighted by Crippen LogP contribution is 2.20. The summed E-state index contributed by atoms with van der Waals surface area (Å²) in [4.78, 5) is 25.6. The monoisotopic (exact) mass is 287 g/mol. The number of aliphatic hydroxyl groups is 1. The number of nitro groups is 1. The van der Waals surface area contributed by atoms with Crippen molar-refractivity contribution in [1.82, 2.24) is 10.3 Å². The van der Waals surface area contributed by atoms with Gasteiger partial charge in [-0.15, -0.1) is 0 Å². The third-order valence-corrected chi connectivity index (χ3v) is 3.13. The van der Waals surface area contributed by atoms with E-state index < -0.39 is 16.4 Å². The third-order valence-electron chi connectivity index (χ3n) is 2.82. The molecule has 0 radical (unpaired) electrons. The number of rotatable bonds is 5. The number of halogens is 1. The van der Waals surface area contributed by atoms with E-state index in [2.05, 4.69) is 10.3 Å². The van der Waals surface area contributed by atoms with Gasteiger partial charge in [-0.05, 0) is 13.3 Å². The predicted octanol–water partition coefficient (Wildman–Crippen LogP) is 1.53. The maximum Gasteiger partial charge on any atom is 0.288 e. The van der Waals surface area contributed by atoms with Crippen molar-refractivity contribution in [2.75, 3.05) is 6.61 Å². The van der Waals surface area contributed by atoms with E-state index in [1.165, 1.54) is 0 Å². The molecule has 1 rings (SSSR count). The third kappa shape index (κ3) is 3.62. The van der Waals surface area contributed by atoms with Crippen LogP contribution in [0.4, 0.5) is 5.69 Å². The van der Waals surface area contributed by atoms with Gasteiger partial charge in [0.1, 0.15) is 11.3 Å². The number of nitrogens with one attached hydrogen (secondary N) is 1. The number of amides is 1. The van der Waals surface area contributed by atoms with Crippen LogP contribution in [0.15, 0.2) is 12.3 Å². The molecular weight excluding hydrogens is 274 g/mol. The molecule has 0 saturated carbocycles. The molecule has 1 atom stereocenters. The van der Waals surface area contributed by atoms with Crippen molar-refractivity contribution in [3.05, 3.63) is 33.1 Å². The van der Waals surface area contributed by atoms with E-state index in [1.54, 1.807) is 13.8 Å². The minimum Gasteiger partial charge on any atom is -0.394 e. The van der Waals surface area contributed by atoms with Crippen LogP contribution >= 0.6 is 11.6 Å². The van der Waals surface area contributed by atoms with E-state index in [0.717, 1.165) is 12.3 Å². The first-order chi connectivity index (χ1) is 8.83. The highest BCUT2D eigenvalue weighted by Gasteiger charge is 2.26. The van der Waals surface area contributed by atoms with Gasteiger partial charge in [0.2, 0.25) is 0 Å². The standard InChI is InChI=1S/C11H14ClN3O4/c1-3-11(2,6-16)14-10(17)8-4-7(15(18)19)5-13-9(8)12/h4-5,16H,3,6H2,1-2H3,(H,14,17). The van der Waals surface area contributed by atoms with Crippen molar-refractivity contribution in [3.63, 3.8) is 0 Å². The number of carbonyl (C=O) groups is 1. The lowest BCUT2D eigenvalue weighted by molar-refractivity contribution is -0.385. The van der Waals surface area contributed by atoms with Crippen LogP contribution in [0.25, 0.3) is 0 Å². The fourth-order valence-electron chi connectivity index (χ4n) is 1.28. The second-order valence-electron chi connectivity index (χ2n) is 4.32. The Labute approximate surface area is 114 Å². The van der Waals surface area contributed by atoms with E-state index >= 15 is 0 Å². The van der Waals surface area contributed by atoms with Gasteiger partial charge in [0, 0.05) is 6.07 Å². The van der Waals surface area contributed by atoms with Crippen molar-refractivity contribution < 1.29 is 14.8 Å². The minimum atomic E-state index is -0.814. The van der Waals surface area contributed by atoms with Gasteiger partial charge in [-0.25, -0.2) is 4.98 Å². The Morgan fingerprint density at radius 2 is 2.32 bits per heavy atom. The molecule has 0 fully saturated rings. The van der Waals surface area contributed by atoms with E-state index in [-0.39, 0.29) is 23.0 Å². The summed E-state index contributed by atoms with van der Waals surface area (Å²) in [5.41, 5.74) is -1.23. The molecule has 19 heavy (non-hydrogen) atoms. The van der Waals surface area contributed by atoms with Crippen molar-refractivity contribution in [2.45, 2.75) is 25.8 Å². The average Bonchev–Trinajstić information content (AvgIpc) is 2.38. The molecule has 1 heterocycles. The molecule has 0 saturated heterocycles. The van der Waals surface area contributed by atoms with Crippen LogP contribution in [-0.2, 0) is 0 Å². The topological polar surface area (TPSA) is 105 Å². The molecule has 0 aliphatic rings. The first-order valence-electron chi connectivity index (χ1n) is 5.56. The minimum absolute atomic E-state index is 0.0935. The molecule has 7 nitrogen and oxygen atoms in total. The van der Waals surface area contributed by atoms with E-state index in [1.807, 2.05) is 0 Å². The number of hydrogen-bond acceptors (Lipinski definition) is 5. The van der Waals surface area contributed by atoms with E-state index in [9.17, 15) is 20.0 Å². The Morgan fingerprint density at radius 3 is 2.79 bits per heavy atom. The van der Waals surface area contributed by atoms with Crippen LogP contribution < -0.4 is 5.32 Å². The molecule has 1 aromatic rings. The summed E-state index contributed by atoms with van der Waals surface area (Å²) in [5.74, 6) is -0.611. The van der Waals surface area contributed by atoms with Gasteiger partial charge in [0.25, 0.3) is 11.6 Å². The largest absolute Gasteiger partial charge is 0.394 e. The van der Waals surface area contributed by atoms with Crippen molar-refractivity contribution in [3.8, 4) is 0 Å².